The van der Waals surface area contributed by atoms with Gasteiger partial charge in [-0.1, -0.05) is 23.7 Å². The van der Waals surface area contributed by atoms with Crippen molar-refractivity contribution >= 4 is 11.6 Å². The summed E-state index contributed by atoms with van der Waals surface area (Å²) in [6, 6.07) is 7.47. The van der Waals surface area contributed by atoms with Gasteiger partial charge in [-0.3, -0.25) is 0 Å². The molecule has 0 spiro atoms. The highest BCUT2D eigenvalue weighted by atomic mass is 35.5. The van der Waals surface area contributed by atoms with E-state index in [1.165, 1.54) is 0 Å². The number of halogens is 1. The minimum absolute atomic E-state index is 0.218. The Labute approximate surface area is 99.9 Å². The Bertz CT molecular complexity index is 320. The van der Waals surface area contributed by atoms with Crippen molar-refractivity contribution in [3.63, 3.8) is 0 Å². The summed E-state index contributed by atoms with van der Waals surface area (Å²) in [6.45, 7) is 1.64. The minimum Gasteiger partial charge on any atom is -0.390 e. The largest absolute Gasteiger partial charge is 0.390 e. The standard InChI is InChI=1S/C12H15ClO3/c13-10-3-1-9(2-4-10)7-11(14)12-8-15-5-6-16-12/h1-4,11-12,14H,5-8H2. The zero-order valence-corrected chi connectivity index (χ0v) is 9.69. The first-order chi connectivity index (χ1) is 7.75. The normalized spacial score (nSPS) is 23.0. The molecule has 1 aromatic rings. The van der Waals surface area contributed by atoms with Gasteiger partial charge in [0.2, 0.25) is 0 Å². The molecule has 1 fully saturated rings. The third kappa shape index (κ3) is 3.19. The van der Waals surface area contributed by atoms with Crippen LogP contribution in [0.5, 0.6) is 0 Å². The highest BCUT2D eigenvalue weighted by Gasteiger charge is 2.23. The first-order valence-electron chi connectivity index (χ1n) is 5.37. The molecule has 2 atom stereocenters. The average Bonchev–Trinajstić information content (AvgIpc) is 2.33. The van der Waals surface area contributed by atoms with Crippen LogP contribution in [-0.2, 0) is 15.9 Å². The summed E-state index contributed by atoms with van der Waals surface area (Å²) in [4.78, 5) is 0. The maximum absolute atomic E-state index is 9.96. The summed E-state index contributed by atoms with van der Waals surface area (Å²) < 4.78 is 10.7. The summed E-state index contributed by atoms with van der Waals surface area (Å²) in [5.41, 5.74) is 1.05. The molecule has 1 N–H and O–H groups in total. The lowest BCUT2D eigenvalue weighted by Gasteiger charge is -2.27. The first kappa shape index (κ1) is 11.9. The Morgan fingerprint density at radius 2 is 2.06 bits per heavy atom. The van der Waals surface area contributed by atoms with Crippen LogP contribution in [0.1, 0.15) is 5.56 Å². The minimum atomic E-state index is -0.526. The van der Waals surface area contributed by atoms with Gasteiger partial charge in [0.05, 0.1) is 25.9 Å². The molecule has 0 radical (unpaired) electrons. The van der Waals surface area contributed by atoms with E-state index in [9.17, 15) is 5.11 Å². The molecule has 1 aliphatic heterocycles. The van der Waals surface area contributed by atoms with Gasteiger partial charge in [0.1, 0.15) is 6.10 Å². The molecule has 0 bridgehead atoms. The van der Waals surface area contributed by atoms with Crippen LogP contribution < -0.4 is 0 Å². The molecule has 0 aliphatic carbocycles. The fourth-order valence-corrected chi connectivity index (χ4v) is 1.85. The third-order valence-corrected chi connectivity index (χ3v) is 2.88. The molecule has 4 heteroatoms. The second-order valence-corrected chi connectivity index (χ2v) is 4.32. The Balaban J connectivity index is 1.90. The summed E-state index contributed by atoms with van der Waals surface area (Å²) >= 11 is 5.79. The van der Waals surface area contributed by atoms with Gasteiger partial charge in [0.15, 0.2) is 0 Å². The van der Waals surface area contributed by atoms with Crippen molar-refractivity contribution in [3.8, 4) is 0 Å². The molecule has 88 valence electrons. The highest BCUT2D eigenvalue weighted by molar-refractivity contribution is 6.30. The van der Waals surface area contributed by atoms with Gasteiger partial charge in [0.25, 0.3) is 0 Å². The molecule has 1 heterocycles. The number of aliphatic hydroxyl groups is 1. The number of ether oxygens (including phenoxy) is 2. The van der Waals surface area contributed by atoms with Crippen molar-refractivity contribution in [2.45, 2.75) is 18.6 Å². The van der Waals surface area contributed by atoms with Crippen molar-refractivity contribution in [1.82, 2.24) is 0 Å². The lowest BCUT2D eigenvalue weighted by molar-refractivity contribution is -0.131. The van der Waals surface area contributed by atoms with Crippen LogP contribution in [0.3, 0.4) is 0 Å². The zero-order chi connectivity index (χ0) is 11.4. The Hall–Kier alpha value is -0.610. The van der Waals surface area contributed by atoms with E-state index in [0.717, 1.165) is 5.56 Å². The fourth-order valence-electron chi connectivity index (χ4n) is 1.72. The molecule has 1 aliphatic rings. The van der Waals surface area contributed by atoms with Crippen LogP contribution >= 0.6 is 11.6 Å². The number of rotatable bonds is 3. The van der Waals surface area contributed by atoms with E-state index in [4.69, 9.17) is 21.1 Å². The molecule has 0 aromatic heterocycles. The van der Waals surface area contributed by atoms with Crippen LogP contribution in [-0.4, -0.2) is 37.1 Å². The van der Waals surface area contributed by atoms with Crippen LogP contribution in [0.2, 0.25) is 5.02 Å². The van der Waals surface area contributed by atoms with Gasteiger partial charge in [-0.2, -0.15) is 0 Å². The van der Waals surface area contributed by atoms with Gasteiger partial charge < -0.3 is 14.6 Å². The maximum atomic E-state index is 9.96. The van der Waals surface area contributed by atoms with E-state index >= 15 is 0 Å². The highest BCUT2D eigenvalue weighted by Crippen LogP contribution is 2.14. The van der Waals surface area contributed by atoms with Crippen LogP contribution in [0, 0.1) is 0 Å². The topological polar surface area (TPSA) is 38.7 Å². The van der Waals surface area contributed by atoms with E-state index in [0.29, 0.717) is 31.3 Å². The zero-order valence-electron chi connectivity index (χ0n) is 8.93. The van der Waals surface area contributed by atoms with Crippen LogP contribution in [0.4, 0.5) is 0 Å². The molecular weight excluding hydrogens is 228 g/mol. The van der Waals surface area contributed by atoms with Gasteiger partial charge in [-0.15, -0.1) is 0 Å². The van der Waals surface area contributed by atoms with Gasteiger partial charge >= 0.3 is 0 Å². The van der Waals surface area contributed by atoms with E-state index in [-0.39, 0.29) is 6.10 Å². The van der Waals surface area contributed by atoms with Crippen molar-refractivity contribution < 1.29 is 14.6 Å². The Morgan fingerprint density at radius 3 is 2.69 bits per heavy atom. The molecule has 3 nitrogen and oxygen atoms in total. The first-order valence-corrected chi connectivity index (χ1v) is 5.75. The maximum Gasteiger partial charge on any atom is 0.107 e. The quantitative estimate of drug-likeness (QED) is 0.876. The molecule has 2 rings (SSSR count). The number of hydrogen-bond donors (Lipinski definition) is 1. The van der Waals surface area contributed by atoms with E-state index < -0.39 is 6.10 Å². The fraction of sp³-hybridized carbons (Fsp3) is 0.500. The van der Waals surface area contributed by atoms with Crippen molar-refractivity contribution in [1.29, 1.82) is 0 Å². The predicted octanol–water partition coefficient (Wildman–Crippen LogP) is 1.66. The lowest BCUT2D eigenvalue weighted by Crippen LogP contribution is -2.39. The van der Waals surface area contributed by atoms with Gasteiger partial charge in [-0.05, 0) is 17.7 Å². The molecule has 16 heavy (non-hydrogen) atoms. The summed E-state index contributed by atoms with van der Waals surface area (Å²) in [5, 5.41) is 10.7. The molecule has 1 aromatic carbocycles. The number of benzene rings is 1. The van der Waals surface area contributed by atoms with E-state index in [1.54, 1.807) is 0 Å². The lowest BCUT2D eigenvalue weighted by atomic mass is 10.0. The molecule has 0 amide bonds. The third-order valence-electron chi connectivity index (χ3n) is 2.63. The average molecular weight is 243 g/mol. The van der Waals surface area contributed by atoms with Crippen LogP contribution in [0.25, 0.3) is 0 Å². The van der Waals surface area contributed by atoms with E-state index in [1.807, 2.05) is 24.3 Å². The molecular formula is C12H15ClO3. The van der Waals surface area contributed by atoms with Gasteiger partial charge in [0, 0.05) is 11.4 Å². The molecule has 1 saturated heterocycles. The summed E-state index contributed by atoms with van der Waals surface area (Å²) in [5.74, 6) is 0. The van der Waals surface area contributed by atoms with E-state index in [2.05, 4.69) is 0 Å². The smallest absolute Gasteiger partial charge is 0.107 e. The Kier molecular flexibility index (Phi) is 4.18. The van der Waals surface area contributed by atoms with Crippen molar-refractivity contribution in [2.24, 2.45) is 0 Å². The second kappa shape index (κ2) is 5.64. The number of aliphatic hydroxyl groups excluding tert-OH is 1. The molecule has 0 saturated carbocycles. The predicted molar refractivity (Wildman–Crippen MR) is 61.7 cm³/mol. The Morgan fingerprint density at radius 1 is 1.31 bits per heavy atom. The summed E-state index contributed by atoms with van der Waals surface area (Å²) in [6.07, 6.45) is -0.184. The number of hydrogen-bond acceptors (Lipinski definition) is 3. The van der Waals surface area contributed by atoms with Crippen molar-refractivity contribution in [2.75, 3.05) is 19.8 Å². The van der Waals surface area contributed by atoms with Crippen molar-refractivity contribution in [3.05, 3.63) is 34.9 Å². The second-order valence-electron chi connectivity index (χ2n) is 3.88. The summed E-state index contributed by atoms with van der Waals surface area (Å²) in [7, 11) is 0. The van der Waals surface area contributed by atoms with Crippen LogP contribution in [0.15, 0.2) is 24.3 Å². The monoisotopic (exact) mass is 242 g/mol. The molecule has 2 unspecified atom stereocenters. The van der Waals surface area contributed by atoms with Gasteiger partial charge in [-0.25, -0.2) is 0 Å². The SMILES string of the molecule is OC(Cc1ccc(Cl)cc1)C1COCCO1.